The first-order valence-corrected chi connectivity index (χ1v) is 4.51. The minimum Gasteiger partial charge on any atom is -0.312 e. The fraction of sp³-hybridized carbons (Fsp3) is 0.800. The van der Waals surface area contributed by atoms with E-state index in [0.717, 1.165) is 0 Å². The van der Waals surface area contributed by atoms with Crippen molar-refractivity contribution in [1.29, 1.82) is 0 Å². The highest BCUT2D eigenvalue weighted by atomic mass is 15.1. The van der Waals surface area contributed by atoms with Crippen LogP contribution >= 0.6 is 0 Å². The molecule has 2 nitrogen and oxygen atoms in total. The molecular weight excluding hydrogens is 148 g/mol. The molecule has 1 rings (SSSR count). The molecule has 0 aromatic carbocycles. The summed E-state index contributed by atoms with van der Waals surface area (Å²) >= 11 is 0. The number of hydrogen-bond donors (Lipinski definition) is 0. The number of likely N-dealkylation sites (tertiary alicyclic amines) is 1. The van der Waals surface area contributed by atoms with Gasteiger partial charge in [-0.1, -0.05) is 6.08 Å². The van der Waals surface area contributed by atoms with E-state index in [1.807, 2.05) is 32.1 Å². The van der Waals surface area contributed by atoms with Gasteiger partial charge in [0, 0.05) is 6.04 Å². The molecular formula is C10H22N2. The van der Waals surface area contributed by atoms with Gasteiger partial charge in [-0.2, -0.15) is 0 Å². The molecule has 1 aliphatic rings. The Kier molecular flexibility index (Phi) is 6.03. The summed E-state index contributed by atoms with van der Waals surface area (Å²) in [4.78, 5) is 4.34. The fourth-order valence-corrected chi connectivity index (χ4v) is 1.23. The number of likely N-dealkylation sites (N-methyl/N-ethyl adjacent to an activating group) is 1. The van der Waals surface area contributed by atoms with Gasteiger partial charge in [-0.15, -0.1) is 6.58 Å². The van der Waals surface area contributed by atoms with Gasteiger partial charge in [-0.3, -0.25) is 4.90 Å². The zero-order chi connectivity index (χ0) is 9.56. The first-order chi connectivity index (χ1) is 5.57. The largest absolute Gasteiger partial charge is 0.312 e. The van der Waals surface area contributed by atoms with Gasteiger partial charge in [0.15, 0.2) is 0 Å². The second-order valence-electron chi connectivity index (χ2n) is 3.77. The number of rotatable bonds is 1. The summed E-state index contributed by atoms with van der Waals surface area (Å²) in [5.74, 6) is 0. The van der Waals surface area contributed by atoms with Crippen LogP contribution in [0.2, 0.25) is 0 Å². The van der Waals surface area contributed by atoms with E-state index in [1.54, 1.807) is 0 Å². The number of nitrogens with zero attached hydrogens (tertiary/aromatic N) is 2. The lowest BCUT2D eigenvalue weighted by Crippen LogP contribution is -2.21. The molecule has 1 aliphatic heterocycles. The van der Waals surface area contributed by atoms with Gasteiger partial charge < -0.3 is 4.90 Å². The molecule has 1 atom stereocenters. The molecule has 0 saturated carbocycles. The Morgan fingerprint density at radius 3 is 2.08 bits per heavy atom. The predicted molar refractivity (Wildman–Crippen MR) is 55.5 cm³/mol. The van der Waals surface area contributed by atoms with E-state index in [1.165, 1.54) is 19.4 Å². The molecule has 0 aliphatic carbocycles. The zero-order valence-electron chi connectivity index (χ0n) is 8.88. The van der Waals surface area contributed by atoms with E-state index >= 15 is 0 Å². The van der Waals surface area contributed by atoms with Crippen LogP contribution in [0.15, 0.2) is 12.7 Å². The molecule has 72 valence electrons. The standard InChI is InChI=1S/C7H13N.C3H9N/c1-3-7-5-4-6-8(7)2;1-4(2)3/h3,7H,1,4-6H2,2H3;1-3H3. The molecule has 0 aromatic heterocycles. The Balaban J connectivity index is 0.000000261. The van der Waals surface area contributed by atoms with Crippen molar-refractivity contribution in [2.75, 3.05) is 34.7 Å². The summed E-state index contributed by atoms with van der Waals surface area (Å²) in [7, 11) is 8.15. The second-order valence-corrected chi connectivity index (χ2v) is 3.77. The summed E-state index contributed by atoms with van der Waals surface area (Å²) in [6.07, 6.45) is 4.68. The van der Waals surface area contributed by atoms with Crippen LogP contribution in [0.25, 0.3) is 0 Å². The van der Waals surface area contributed by atoms with E-state index in [0.29, 0.717) is 6.04 Å². The molecule has 1 heterocycles. The molecule has 0 amide bonds. The van der Waals surface area contributed by atoms with Crippen LogP contribution in [0.5, 0.6) is 0 Å². The summed E-state index contributed by atoms with van der Waals surface area (Å²) in [5, 5.41) is 0. The third-order valence-electron chi connectivity index (χ3n) is 1.85. The molecule has 2 heteroatoms. The molecule has 1 unspecified atom stereocenters. The Bertz CT molecular complexity index is 118. The van der Waals surface area contributed by atoms with Gasteiger partial charge in [0.05, 0.1) is 0 Å². The van der Waals surface area contributed by atoms with E-state index in [2.05, 4.69) is 18.5 Å². The third-order valence-corrected chi connectivity index (χ3v) is 1.85. The first kappa shape index (κ1) is 11.7. The smallest absolute Gasteiger partial charge is 0.0273 e. The van der Waals surface area contributed by atoms with Crippen molar-refractivity contribution >= 4 is 0 Å². The maximum absolute atomic E-state index is 3.75. The Labute approximate surface area is 76.9 Å². The summed E-state index contributed by atoms with van der Waals surface area (Å²) in [5.41, 5.74) is 0. The molecule has 1 saturated heterocycles. The van der Waals surface area contributed by atoms with Gasteiger partial charge in [-0.05, 0) is 47.6 Å². The average molecular weight is 170 g/mol. The van der Waals surface area contributed by atoms with Crippen molar-refractivity contribution < 1.29 is 0 Å². The lowest BCUT2D eigenvalue weighted by atomic mass is 10.2. The summed E-state index contributed by atoms with van der Waals surface area (Å²) in [6.45, 7) is 5.00. The summed E-state index contributed by atoms with van der Waals surface area (Å²) in [6, 6.07) is 0.662. The Hall–Kier alpha value is -0.340. The van der Waals surface area contributed by atoms with Crippen molar-refractivity contribution in [3.63, 3.8) is 0 Å². The summed E-state index contributed by atoms with van der Waals surface area (Å²) < 4.78 is 0. The molecule has 0 spiro atoms. The minimum atomic E-state index is 0.662. The van der Waals surface area contributed by atoms with Gasteiger partial charge in [-0.25, -0.2) is 0 Å². The molecule has 0 N–H and O–H groups in total. The van der Waals surface area contributed by atoms with Crippen LogP contribution in [0.1, 0.15) is 12.8 Å². The predicted octanol–water partition coefficient (Wildman–Crippen LogP) is 1.44. The number of hydrogen-bond acceptors (Lipinski definition) is 2. The van der Waals surface area contributed by atoms with Crippen LogP contribution in [-0.4, -0.2) is 50.6 Å². The van der Waals surface area contributed by atoms with Crippen LogP contribution in [-0.2, 0) is 0 Å². The average Bonchev–Trinajstić information content (AvgIpc) is 2.33. The Morgan fingerprint density at radius 2 is 1.92 bits per heavy atom. The first-order valence-electron chi connectivity index (χ1n) is 4.51. The quantitative estimate of drug-likeness (QED) is 0.550. The van der Waals surface area contributed by atoms with Crippen LogP contribution < -0.4 is 0 Å². The van der Waals surface area contributed by atoms with Crippen molar-refractivity contribution in [1.82, 2.24) is 9.80 Å². The van der Waals surface area contributed by atoms with Crippen molar-refractivity contribution in [2.24, 2.45) is 0 Å². The molecule has 0 radical (unpaired) electrons. The fourth-order valence-electron chi connectivity index (χ4n) is 1.23. The van der Waals surface area contributed by atoms with E-state index in [9.17, 15) is 0 Å². The van der Waals surface area contributed by atoms with Gasteiger partial charge >= 0.3 is 0 Å². The van der Waals surface area contributed by atoms with Gasteiger partial charge in [0.1, 0.15) is 0 Å². The normalized spacial score (nSPS) is 23.6. The topological polar surface area (TPSA) is 6.48 Å². The highest BCUT2D eigenvalue weighted by Gasteiger charge is 2.16. The van der Waals surface area contributed by atoms with Crippen molar-refractivity contribution in [3.8, 4) is 0 Å². The maximum atomic E-state index is 3.75. The van der Waals surface area contributed by atoms with Crippen molar-refractivity contribution in [2.45, 2.75) is 18.9 Å². The van der Waals surface area contributed by atoms with E-state index < -0.39 is 0 Å². The highest BCUT2D eigenvalue weighted by molar-refractivity contribution is 4.90. The molecule has 0 aromatic rings. The monoisotopic (exact) mass is 170 g/mol. The lowest BCUT2D eigenvalue weighted by molar-refractivity contribution is 0.357. The van der Waals surface area contributed by atoms with Crippen LogP contribution in [0.4, 0.5) is 0 Å². The molecule has 1 fully saturated rings. The molecule has 12 heavy (non-hydrogen) atoms. The van der Waals surface area contributed by atoms with Gasteiger partial charge in [0.2, 0.25) is 0 Å². The SMILES string of the molecule is C=CC1CCCN1C.CN(C)C. The van der Waals surface area contributed by atoms with Gasteiger partial charge in [0.25, 0.3) is 0 Å². The van der Waals surface area contributed by atoms with Crippen LogP contribution in [0, 0.1) is 0 Å². The maximum Gasteiger partial charge on any atom is 0.0273 e. The van der Waals surface area contributed by atoms with E-state index in [4.69, 9.17) is 0 Å². The molecule has 0 bridgehead atoms. The third kappa shape index (κ3) is 5.33. The zero-order valence-corrected chi connectivity index (χ0v) is 8.88. The van der Waals surface area contributed by atoms with E-state index in [-0.39, 0.29) is 0 Å². The van der Waals surface area contributed by atoms with Crippen LogP contribution in [0.3, 0.4) is 0 Å². The van der Waals surface area contributed by atoms with Crippen molar-refractivity contribution in [3.05, 3.63) is 12.7 Å². The lowest BCUT2D eigenvalue weighted by Gasteiger charge is -2.13. The highest BCUT2D eigenvalue weighted by Crippen LogP contribution is 2.14. The second kappa shape index (κ2) is 6.21. The minimum absolute atomic E-state index is 0.662. The Morgan fingerprint density at radius 1 is 1.42 bits per heavy atom.